The monoisotopic (exact) mass is 303 g/mol. The van der Waals surface area contributed by atoms with Crippen molar-refractivity contribution in [2.24, 2.45) is 0 Å². The van der Waals surface area contributed by atoms with Crippen molar-refractivity contribution >= 4 is 11.8 Å². The van der Waals surface area contributed by atoms with E-state index in [0.29, 0.717) is 17.0 Å². The van der Waals surface area contributed by atoms with E-state index in [1.54, 1.807) is 19.1 Å². The van der Waals surface area contributed by atoms with Crippen LogP contribution in [0.1, 0.15) is 17.4 Å². The smallest absolute Gasteiger partial charge is 0.273 e. The Morgan fingerprint density at radius 3 is 2.82 bits per heavy atom. The summed E-state index contributed by atoms with van der Waals surface area (Å²) in [5, 5.41) is 25.4. The molecule has 1 amide bonds. The normalized spacial score (nSPS) is 14.7. The third-order valence-electron chi connectivity index (χ3n) is 3.59. The molecule has 3 rings (SSSR count). The highest BCUT2D eigenvalue weighted by atomic mass is 16.6. The Kier molecular flexibility index (Phi) is 3.24. The van der Waals surface area contributed by atoms with Crippen molar-refractivity contribution < 1.29 is 19.3 Å². The van der Waals surface area contributed by atoms with Crippen molar-refractivity contribution in [2.75, 3.05) is 13.1 Å². The number of nitrogens with zero attached hydrogens (tertiary/aromatic N) is 4. The lowest BCUT2D eigenvalue weighted by Gasteiger charge is -2.38. The van der Waals surface area contributed by atoms with E-state index in [-0.39, 0.29) is 30.5 Å². The first kappa shape index (κ1) is 14.0. The Morgan fingerprint density at radius 2 is 2.18 bits per heavy atom. The molecule has 0 spiro atoms. The van der Waals surface area contributed by atoms with Crippen LogP contribution >= 0.6 is 0 Å². The minimum atomic E-state index is -1.23. The topological polar surface area (TPSA) is 125 Å². The van der Waals surface area contributed by atoms with Crippen LogP contribution in [0.25, 0.3) is 11.4 Å². The second kappa shape index (κ2) is 5.10. The lowest BCUT2D eigenvalue weighted by Crippen LogP contribution is -2.53. The van der Waals surface area contributed by atoms with Crippen LogP contribution in [0.2, 0.25) is 0 Å². The van der Waals surface area contributed by atoms with E-state index in [2.05, 4.69) is 10.1 Å². The van der Waals surface area contributed by atoms with E-state index in [0.717, 1.165) is 4.90 Å². The number of nitro groups is 1. The zero-order valence-corrected chi connectivity index (χ0v) is 11.6. The zero-order chi connectivity index (χ0) is 15.9. The average Bonchev–Trinajstić information content (AvgIpc) is 2.86. The lowest BCUT2D eigenvalue weighted by molar-refractivity contribution is -0.385. The van der Waals surface area contributed by atoms with Crippen LogP contribution in [0.15, 0.2) is 22.7 Å². The highest BCUT2D eigenvalue weighted by Crippen LogP contribution is 2.29. The Labute approximate surface area is 124 Å². The first-order chi connectivity index (χ1) is 10.5. The van der Waals surface area contributed by atoms with Gasteiger partial charge in [-0.25, -0.2) is 0 Å². The molecular formula is C13H11N4O5-. The van der Waals surface area contributed by atoms with Crippen molar-refractivity contribution in [2.45, 2.75) is 12.8 Å². The maximum absolute atomic E-state index is 10.9. The van der Waals surface area contributed by atoms with Crippen molar-refractivity contribution in [3.05, 3.63) is 39.8 Å². The fourth-order valence-electron chi connectivity index (χ4n) is 2.25. The number of rotatable bonds is 3. The van der Waals surface area contributed by atoms with E-state index in [9.17, 15) is 20.0 Å². The number of likely N-dealkylation sites (tertiary alicyclic amines) is 1. The Bertz CT molecular complexity index is 751. The van der Waals surface area contributed by atoms with Gasteiger partial charge in [-0.3, -0.25) is 10.1 Å². The number of hydrogen-bond donors (Lipinski definition) is 0. The second-order valence-electron chi connectivity index (χ2n) is 5.08. The summed E-state index contributed by atoms with van der Waals surface area (Å²) in [6.45, 7) is 2.14. The van der Waals surface area contributed by atoms with Crippen LogP contribution < -0.4 is 5.11 Å². The first-order valence-corrected chi connectivity index (χ1v) is 6.50. The van der Waals surface area contributed by atoms with E-state index >= 15 is 0 Å². The van der Waals surface area contributed by atoms with Crippen LogP contribution in [0.5, 0.6) is 0 Å². The molecule has 0 N–H and O–H groups in total. The molecule has 1 aromatic carbocycles. The summed E-state index contributed by atoms with van der Waals surface area (Å²) in [5.74, 6) is 0.389. The molecule has 2 heterocycles. The van der Waals surface area contributed by atoms with Gasteiger partial charge in [-0.15, -0.1) is 0 Å². The number of benzene rings is 1. The van der Waals surface area contributed by atoms with E-state index in [1.165, 1.54) is 6.07 Å². The average molecular weight is 303 g/mol. The highest BCUT2D eigenvalue weighted by Gasteiger charge is 2.32. The Hall–Kier alpha value is -2.97. The number of aromatic nitrogens is 2. The predicted molar refractivity (Wildman–Crippen MR) is 70.8 cm³/mol. The van der Waals surface area contributed by atoms with Crippen LogP contribution in [-0.4, -0.2) is 39.1 Å². The van der Waals surface area contributed by atoms with Gasteiger partial charge in [-0.2, -0.15) is 4.98 Å². The molecular weight excluding hydrogens is 292 g/mol. The van der Waals surface area contributed by atoms with Gasteiger partial charge in [-0.05, 0) is 6.92 Å². The Balaban J connectivity index is 1.81. The molecule has 0 aliphatic carbocycles. The molecule has 1 fully saturated rings. The van der Waals surface area contributed by atoms with Crippen molar-refractivity contribution in [1.82, 2.24) is 15.0 Å². The summed E-state index contributed by atoms with van der Waals surface area (Å²) in [6.07, 6.45) is -1.23. The number of hydrogen-bond acceptors (Lipinski definition) is 7. The molecule has 1 aliphatic heterocycles. The number of nitro benzene ring substituents is 1. The summed E-state index contributed by atoms with van der Waals surface area (Å²) in [6, 6.07) is 4.67. The van der Waals surface area contributed by atoms with E-state index in [4.69, 9.17) is 4.52 Å². The molecule has 2 aromatic rings. The molecule has 22 heavy (non-hydrogen) atoms. The largest absolute Gasteiger partial charge is 0.530 e. The number of carbonyl (C=O) groups excluding carboxylic acids is 1. The third kappa shape index (κ3) is 2.36. The van der Waals surface area contributed by atoms with E-state index in [1.807, 2.05) is 0 Å². The molecule has 9 nitrogen and oxygen atoms in total. The lowest BCUT2D eigenvalue weighted by atomic mass is 10.0. The highest BCUT2D eigenvalue weighted by molar-refractivity contribution is 5.64. The second-order valence-corrected chi connectivity index (χ2v) is 5.08. The fraction of sp³-hybridized carbons (Fsp3) is 0.308. The summed E-state index contributed by atoms with van der Waals surface area (Å²) in [7, 11) is 0. The summed E-state index contributed by atoms with van der Waals surface area (Å²) in [4.78, 5) is 26.4. The minimum absolute atomic E-state index is 0.0179. The maximum Gasteiger partial charge on any atom is 0.273 e. The van der Waals surface area contributed by atoms with Crippen LogP contribution in [0.4, 0.5) is 10.5 Å². The molecule has 114 valence electrons. The summed E-state index contributed by atoms with van der Waals surface area (Å²) in [5.41, 5.74) is 1.00. The van der Waals surface area contributed by atoms with Crippen LogP contribution in [0, 0.1) is 17.0 Å². The van der Waals surface area contributed by atoms with Crippen molar-refractivity contribution in [1.29, 1.82) is 0 Å². The number of aryl methyl sites for hydroxylation is 1. The molecule has 1 saturated heterocycles. The van der Waals surface area contributed by atoms with Gasteiger partial charge in [0.15, 0.2) is 0 Å². The standard InChI is InChI=1S/C13H12N4O5/c1-7-2-3-8(4-10(7)17(20)21)11-14-12(22-15-11)9-5-16(6-9)13(18)19/h2-4,9H,5-6H2,1H3,(H,18,19)/p-1. The first-order valence-electron chi connectivity index (χ1n) is 6.50. The SMILES string of the molecule is Cc1ccc(-c2noc(C3CN(C(=O)[O-])C3)n2)cc1[N+](=O)[O-]. The summed E-state index contributed by atoms with van der Waals surface area (Å²) < 4.78 is 5.11. The Morgan fingerprint density at radius 1 is 1.45 bits per heavy atom. The van der Waals surface area contributed by atoms with Crippen molar-refractivity contribution in [3.63, 3.8) is 0 Å². The molecule has 0 atom stereocenters. The van der Waals surface area contributed by atoms with Gasteiger partial charge in [0.1, 0.15) is 6.09 Å². The van der Waals surface area contributed by atoms with Gasteiger partial charge >= 0.3 is 0 Å². The third-order valence-corrected chi connectivity index (χ3v) is 3.59. The maximum atomic E-state index is 10.9. The molecule has 0 bridgehead atoms. The minimum Gasteiger partial charge on any atom is -0.530 e. The van der Waals surface area contributed by atoms with Crippen LogP contribution in [-0.2, 0) is 0 Å². The molecule has 1 aliphatic rings. The van der Waals surface area contributed by atoms with Crippen LogP contribution in [0.3, 0.4) is 0 Å². The summed E-state index contributed by atoms with van der Waals surface area (Å²) >= 11 is 0. The molecule has 0 unspecified atom stereocenters. The molecule has 0 radical (unpaired) electrons. The quantitative estimate of drug-likeness (QED) is 0.603. The molecule has 1 aromatic heterocycles. The van der Waals surface area contributed by atoms with Gasteiger partial charge in [0.05, 0.1) is 10.8 Å². The predicted octanol–water partition coefficient (Wildman–Crippen LogP) is 0.696. The van der Waals surface area contributed by atoms with Gasteiger partial charge in [0.25, 0.3) is 5.69 Å². The fourth-order valence-corrected chi connectivity index (χ4v) is 2.25. The van der Waals surface area contributed by atoms with Gasteiger partial charge in [-0.1, -0.05) is 17.3 Å². The van der Waals surface area contributed by atoms with E-state index < -0.39 is 11.0 Å². The van der Waals surface area contributed by atoms with Crippen molar-refractivity contribution in [3.8, 4) is 11.4 Å². The zero-order valence-electron chi connectivity index (χ0n) is 11.6. The molecule has 9 heteroatoms. The number of carboxylic acid groups (broad SMARTS) is 1. The number of amides is 1. The van der Waals surface area contributed by atoms with Gasteiger partial charge in [0.2, 0.25) is 11.7 Å². The number of carbonyl (C=O) groups is 1. The van der Waals surface area contributed by atoms with Gasteiger partial charge < -0.3 is 19.3 Å². The molecule has 0 saturated carbocycles. The van der Waals surface area contributed by atoms with Gasteiger partial charge in [0, 0.05) is 30.3 Å².